The first-order chi connectivity index (χ1) is 6.13. The fourth-order valence-electron chi connectivity index (χ4n) is 0.987. The first-order valence-electron chi connectivity index (χ1n) is 3.51. The van der Waals surface area contributed by atoms with Crippen molar-refractivity contribution in [3.05, 3.63) is 28.2 Å². The minimum Gasteiger partial charge on any atom is -0.772 e. The number of benzene rings is 1. The van der Waals surface area contributed by atoms with Gasteiger partial charge in [-0.25, -0.2) is 0 Å². The first kappa shape index (κ1) is 10.7. The maximum atomic E-state index is 10.5. The van der Waals surface area contributed by atoms with Gasteiger partial charge in [0.15, 0.2) is 0 Å². The normalized spacial score (nSPS) is 12.5. The van der Waals surface area contributed by atoms with Crippen molar-refractivity contribution >= 4 is 27.0 Å². The highest BCUT2D eigenvalue weighted by Gasteiger charge is 2.02. The molecule has 1 unspecified atom stereocenters. The quantitative estimate of drug-likeness (QED) is 0.782. The summed E-state index contributed by atoms with van der Waals surface area (Å²) in [6.07, 6.45) is 0. The van der Waals surface area contributed by atoms with Gasteiger partial charge >= 0.3 is 0 Å². The Morgan fingerprint density at radius 2 is 2.31 bits per heavy atom. The summed E-state index contributed by atoms with van der Waals surface area (Å²) in [5.41, 5.74) is 0.658. The van der Waals surface area contributed by atoms with Crippen molar-refractivity contribution < 1.29 is 13.5 Å². The van der Waals surface area contributed by atoms with Crippen LogP contribution < -0.4 is 4.74 Å². The number of ether oxygens (including phenoxy) is 1. The minimum absolute atomic E-state index is 0.0252. The van der Waals surface area contributed by atoms with Crippen molar-refractivity contribution in [2.24, 2.45) is 0 Å². The molecule has 0 amide bonds. The Kier molecular flexibility index (Phi) is 3.90. The molecule has 0 bridgehead atoms. The summed E-state index contributed by atoms with van der Waals surface area (Å²) in [6, 6.07) is 5.26. The summed E-state index contributed by atoms with van der Waals surface area (Å²) in [5, 5.41) is 0. The summed E-state index contributed by atoms with van der Waals surface area (Å²) in [4.78, 5) is 0. The monoisotopic (exact) mass is 263 g/mol. The van der Waals surface area contributed by atoms with Crippen LogP contribution in [0.2, 0.25) is 0 Å². The standard InChI is InChI=1S/C8H9BrO3S/c1-12-8-3-2-7(9)4-6(8)5-13(10)11/h2-4H,5H2,1H3,(H,10,11)/p-1. The van der Waals surface area contributed by atoms with E-state index in [1.807, 2.05) is 0 Å². The van der Waals surface area contributed by atoms with E-state index in [1.54, 1.807) is 18.2 Å². The molecule has 1 aromatic carbocycles. The third-order valence-electron chi connectivity index (χ3n) is 1.52. The average Bonchev–Trinajstić information content (AvgIpc) is 2.03. The Morgan fingerprint density at radius 1 is 1.62 bits per heavy atom. The van der Waals surface area contributed by atoms with Crippen LogP contribution in [0.5, 0.6) is 5.75 Å². The van der Waals surface area contributed by atoms with Crippen LogP contribution in [0.3, 0.4) is 0 Å². The van der Waals surface area contributed by atoms with E-state index in [4.69, 9.17) is 4.74 Å². The predicted octanol–water partition coefficient (Wildman–Crippen LogP) is 1.84. The zero-order valence-electron chi connectivity index (χ0n) is 6.95. The van der Waals surface area contributed by atoms with Crippen molar-refractivity contribution in [2.75, 3.05) is 7.11 Å². The van der Waals surface area contributed by atoms with Gasteiger partial charge in [-0.3, -0.25) is 4.21 Å². The molecule has 3 nitrogen and oxygen atoms in total. The van der Waals surface area contributed by atoms with E-state index in [0.29, 0.717) is 11.3 Å². The molecular weight excluding hydrogens is 256 g/mol. The van der Waals surface area contributed by atoms with Crippen LogP contribution in [0.4, 0.5) is 0 Å². The van der Waals surface area contributed by atoms with Gasteiger partial charge in [-0.2, -0.15) is 0 Å². The van der Waals surface area contributed by atoms with Gasteiger partial charge in [0.1, 0.15) is 5.75 Å². The number of rotatable bonds is 3. The van der Waals surface area contributed by atoms with Crippen molar-refractivity contribution in [1.29, 1.82) is 0 Å². The van der Waals surface area contributed by atoms with Crippen LogP contribution in [0, 0.1) is 0 Å². The summed E-state index contributed by atoms with van der Waals surface area (Å²) >= 11 is 1.17. The van der Waals surface area contributed by atoms with Crippen LogP contribution in [0.15, 0.2) is 22.7 Å². The lowest BCUT2D eigenvalue weighted by atomic mass is 10.2. The Balaban J connectivity index is 3.01. The van der Waals surface area contributed by atoms with Gasteiger partial charge in [-0.05, 0) is 18.2 Å². The van der Waals surface area contributed by atoms with Crippen LogP contribution >= 0.6 is 15.9 Å². The van der Waals surface area contributed by atoms with Crippen molar-refractivity contribution in [3.8, 4) is 5.75 Å². The van der Waals surface area contributed by atoms with Crippen molar-refractivity contribution in [2.45, 2.75) is 5.75 Å². The van der Waals surface area contributed by atoms with Crippen LogP contribution in [-0.4, -0.2) is 15.9 Å². The van der Waals surface area contributed by atoms with Gasteiger partial charge < -0.3 is 9.29 Å². The molecule has 1 rings (SSSR count). The molecule has 0 aliphatic rings. The summed E-state index contributed by atoms with van der Waals surface area (Å²) < 4.78 is 26.8. The van der Waals surface area contributed by atoms with Crippen molar-refractivity contribution in [3.63, 3.8) is 0 Å². The first-order valence-corrected chi connectivity index (χ1v) is 5.55. The van der Waals surface area contributed by atoms with E-state index in [0.717, 1.165) is 4.47 Å². The lowest BCUT2D eigenvalue weighted by Gasteiger charge is -2.10. The molecule has 72 valence electrons. The third-order valence-corrected chi connectivity index (χ3v) is 2.56. The van der Waals surface area contributed by atoms with Crippen LogP contribution in [0.25, 0.3) is 0 Å². The molecule has 0 radical (unpaired) electrons. The third kappa shape index (κ3) is 3.10. The summed E-state index contributed by atoms with van der Waals surface area (Å²) in [7, 11) is 1.51. The molecule has 0 saturated carbocycles. The predicted molar refractivity (Wildman–Crippen MR) is 53.3 cm³/mol. The van der Waals surface area contributed by atoms with Gasteiger partial charge in [0, 0.05) is 15.8 Å². The van der Waals surface area contributed by atoms with E-state index in [1.165, 1.54) is 7.11 Å². The number of methoxy groups -OCH3 is 1. The Hall–Kier alpha value is -0.390. The lowest BCUT2D eigenvalue weighted by molar-refractivity contribution is 0.410. The highest BCUT2D eigenvalue weighted by Crippen LogP contribution is 2.23. The number of hydrogen-bond acceptors (Lipinski definition) is 3. The molecular formula is C8H8BrO3S-. The second-order valence-electron chi connectivity index (χ2n) is 2.40. The molecule has 0 spiro atoms. The smallest absolute Gasteiger partial charge is 0.123 e. The highest BCUT2D eigenvalue weighted by atomic mass is 79.9. The molecule has 0 saturated heterocycles. The lowest BCUT2D eigenvalue weighted by Crippen LogP contribution is -1.97. The maximum Gasteiger partial charge on any atom is 0.123 e. The van der Waals surface area contributed by atoms with E-state index >= 15 is 0 Å². The average molecular weight is 264 g/mol. The Bertz CT molecular complexity index is 327. The molecule has 0 fully saturated rings. The van der Waals surface area contributed by atoms with E-state index in [-0.39, 0.29) is 5.75 Å². The molecule has 0 aliphatic carbocycles. The zero-order chi connectivity index (χ0) is 9.84. The zero-order valence-corrected chi connectivity index (χ0v) is 9.35. The van der Waals surface area contributed by atoms with Gasteiger partial charge in [-0.15, -0.1) is 0 Å². The highest BCUT2D eigenvalue weighted by molar-refractivity contribution is 9.10. The van der Waals surface area contributed by atoms with Gasteiger partial charge in [0.25, 0.3) is 0 Å². The topological polar surface area (TPSA) is 49.4 Å². The Labute approximate surface area is 87.5 Å². The molecule has 0 aliphatic heterocycles. The summed E-state index contributed by atoms with van der Waals surface area (Å²) in [6.45, 7) is 0. The fraction of sp³-hybridized carbons (Fsp3) is 0.250. The fourth-order valence-corrected chi connectivity index (χ4v) is 1.87. The van der Waals surface area contributed by atoms with Gasteiger partial charge in [0.2, 0.25) is 0 Å². The molecule has 1 aromatic rings. The van der Waals surface area contributed by atoms with Crippen LogP contribution in [0.1, 0.15) is 5.56 Å². The number of halogens is 1. The minimum atomic E-state index is -2.09. The van der Waals surface area contributed by atoms with Crippen LogP contribution in [-0.2, 0) is 16.8 Å². The molecule has 1 atom stereocenters. The second kappa shape index (κ2) is 4.74. The van der Waals surface area contributed by atoms with Gasteiger partial charge in [-0.1, -0.05) is 27.0 Å². The maximum absolute atomic E-state index is 10.5. The molecule has 0 heterocycles. The van der Waals surface area contributed by atoms with Gasteiger partial charge in [0.05, 0.1) is 7.11 Å². The van der Waals surface area contributed by atoms with Crippen molar-refractivity contribution in [1.82, 2.24) is 0 Å². The largest absolute Gasteiger partial charge is 0.772 e. The SMILES string of the molecule is COc1ccc(Br)cc1CS(=O)[O-]. The summed E-state index contributed by atoms with van der Waals surface area (Å²) in [5.74, 6) is 0.565. The second-order valence-corrected chi connectivity index (χ2v) is 4.22. The van der Waals surface area contributed by atoms with E-state index in [9.17, 15) is 8.76 Å². The molecule has 5 heteroatoms. The number of hydrogen-bond donors (Lipinski definition) is 0. The molecule has 13 heavy (non-hydrogen) atoms. The van der Waals surface area contributed by atoms with E-state index < -0.39 is 11.1 Å². The van der Waals surface area contributed by atoms with E-state index in [2.05, 4.69) is 15.9 Å². The Morgan fingerprint density at radius 3 is 2.85 bits per heavy atom. The molecule has 0 aromatic heterocycles. The molecule has 0 N–H and O–H groups in total.